The molecule has 0 aliphatic rings. The number of methoxy groups -OCH3 is 1. The topological polar surface area (TPSA) is 72.8 Å². The van der Waals surface area contributed by atoms with Crippen LogP contribution in [0.3, 0.4) is 0 Å². The average molecular weight is 303 g/mol. The van der Waals surface area contributed by atoms with Gasteiger partial charge >= 0.3 is 0 Å². The van der Waals surface area contributed by atoms with Crippen LogP contribution in [0.1, 0.15) is 0 Å². The molecule has 0 amide bonds. The van der Waals surface area contributed by atoms with Crippen LogP contribution >= 0.6 is 11.6 Å². The van der Waals surface area contributed by atoms with Crippen LogP contribution in [0.5, 0.6) is 5.75 Å². The summed E-state index contributed by atoms with van der Waals surface area (Å²) in [5.74, 6) is 1.22. The number of H-pyrrole nitrogens is 1. The van der Waals surface area contributed by atoms with Crippen molar-refractivity contribution >= 4 is 11.6 Å². The zero-order chi connectivity index (χ0) is 14.8. The Bertz CT molecular complexity index is 841. The molecule has 0 unspecified atom stereocenters. The lowest BCUT2D eigenvalue weighted by molar-refractivity contribution is 0.412. The van der Waals surface area contributed by atoms with Gasteiger partial charge in [0.2, 0.25) is 0 Å². The summed E-state index contributed by atoms with van der Waals surface area (Å²) in [5.41, 5.74) is 1.06. The van der Waals surface area contributed by atoms with Crippen molar-refractivity contribution < 1.29 is 4.74 Å². The summed E-state index contributed by atoms with van der Waals surface area (Å²) >= 11 is 5.86. The van der Waals surface area contributed by atoms with E-state index in [0.717, 1.165) is 5.69 Å². The molecule has 2 aromatic heterocycles. The molecule has 1 aromatic carbocycles. The van der Waals surface area contributed by atoms with Crippen molar-refractivity contribution in [1.29, 1.82) is 0 Å². The minimum atomic E-state index is -0.344. The van der Waals surface area contributed by atoms with E-state index in [1.54, 1.807) is 24.1 Å². The van der Waals surface area contributed by atoms with Crippen LogP contribution in [0.2, 0.25) is 5.02 Å². The van der Waals surface area contributed by atoms with Crippen LogP contribution < -0.4 is 10.3 Å². The highest BCUT2D eigenvalue weighted by Crippen LogP contribution is 2.26. The van der Waals surface area contributed by atoms with Gasteiger partial charge in [0.1, 0.15) is 22.8 Å². The van der Waals surface area contributed by atoms with Gasteiger partial charge in [0.25, 0.3) is 5.56 Å². The maximum absolute atomic E-state index is 11.3. The van der Waals surface area contributed by atoms with Crippen LogP contribution in [-0.2, 0) is 0 Å². The zero-order valence-corrected chi connectivity index (χ0v) is 11.8. The molecule has 6 nitrogen and oxygen atoms in total. The molecule has 0 spiro atoms. The SMILES string of the molecule is COc1ccccc1-n1ncnc1-c1c[nH]c(=O)c(Cl)c1. The lowest BCUT2D eigenvalue weighted by Gasteiger charge is -2.10. The summed E-state index contributed by atoms with van der Waals surface area (Å²) in [6, 6.07) is 9.00. The second-order valence-corrected chi connectivity index (χ2v) is 4.64. The Hall–Kier alpha value is -2.60. The predicted octanol–water partition coefficient (Wildman–Crippen LogP) is 2.28. The molecule has 3 rings (SSSR count). The molecule has 0 bridgehead atoms. The smallest absolute Gasteiger partial charge is 0.266 e. The fourth-order valence-corrected chi connectivity index (χ4v) is 2.18. The third-order valence-corrected chi connectivity index (χ3v) is 3.26. The molecule has 1 N–H and O–H groups in total. The highest BCUT2D eigenvalue weighted by atomic mass is 35.5. The van der Waals surface area contributed by atoms with Crippen molar-refractivity contribution in [2.45, 2.75) is 0 Å². The number of ether oxygens (including phenoxy) is 1. The number of rotatable bonds is 3. The first-order valence-corrected chi connectivity index (χ1v) is 6.50. The van der Waals surface area contributed by atoms with Crippen LogP contribution in [0.15, 0.2) is 47.7 Å². The van der Waals surface area contributed by atoms with E-state index >= 15 is 0 Å². The molecule has 21 heavy (non-hydrogen) atoms. The number of aromatic nitrogens is 4. The van der Waals surface area contributed by atoms with Gasteiger partial charge in [-0.1, -0.05) is 23.7 Å². The standard InChI is InChI=1S/C14H11ClN4O2/c1-21-12-5-3-2-4-11(12)19-13(17-8-18-19)9-6-10(15)14(20)16-7-9/h2-8H,1H3,(H,16,20). The molecule has 0 aliphatic carbocycles. The summed E-state index contributed by atoms with van der Waals surface area (Å²) in [7, 11) is 1.59. The maximum Gasteiger partial charge on any atom is 0.266 e. The second kappa shape index (κ2) is 5.41. The number of nitrogens with zero attached hydrogens (tertiary/aromatic N) is 3. The Morgan fingerprint density at radius 3 is 2.90 bits per heavy atom. The van der Waals surface area contributed by atoms with Gasteiger partial charge in [-0.15, -0.1) is 0 Å². The Morgan fingerprint density at radius 2 is 2.14 bits per heavy atom. The molecule has 0 atom stereocenters. The second-order valence-electron chi connectivity index (χ2n) is 4.23. The van der Waals surface area contributed by atoms with Gasteiger partial charge in [0, 0.05) is 11.8 Å². The number of aromatic amines is 1. The van der Waals surface area contributed by atoms with Crippen LogP contribution in [0.25, 0.3) is 17.1 Å². The van der Waals surface area contributed by atoms with Gasteiger partial charge in [0.05, 0.1) is 7.11 Å². The van der Waals surface area contributed by atoms with E-state index in [2.05, 4.69) is 15.1 Å². The molecule has 0 radical (unpaired) electrons. The number of hydrogen-bond donors (Lipinski definition) is 1. The van der Waals surface area contributed by atoms with Crippen LogP contribution in [-0.4, -0.2) is 26.9 Å². The van der Waals surface area contributed by atoms with E-state index in [1.807, 2.05) is 24.3 Å². The third-order valence-electron chi connectivity index (χ3n) is 2.98. The van der Waals surface area contributed by atoms with Gasteiger partial charge in [-0.05, 0) is 18.2 Å². The predicted molar refractivity (Wildman–Crippen MR) is 79.0 cm³/mol. The maximum atomic E-state index is 11.3. The Balaban J connectivity index is 2.17. The van der Waals surface area contributed by atoms with Crippen molar-refractivity contribution in [3.8, 4) is 22.8 Å². The molecule has 2 heterocycles. The normalized spacial score (nSPS) is 10.6. The van der Waals surface area contributed by atoms with Crippen molar-refractivity contribution in [3.63, 3.8) is 0 Å². The number of benzene rings is 1. The molecule has 7 heteroatoms. The van der Waals surface area contributed by atoms with Crippen LogP contribution in [0.4, 0.5) is 0 Å². The van der Waals surface area contributed by atoms with E-state index in [4.69, 9.17) is 16.3 Å². The van der Waals surface area contributed by atoms with Gasteiger partial charge in [-0.2, -0.15) is 5.10 Å². The number of halogens is 1. The van der Waals surface area contributed by atoms with Crippen LogP contribution in [0, 0.1) is 0 Å². The third kappa shape index (κ3) is 2.41. The summed E-state index contributed by atoms with van der Waals surface area (Å²) in [6.45, 7) is 0. The minimum Gasteiger partial charge on any atom is -0.494 e. The summed E-state index contributed by atoms with van der Waals surface area (Å²) in [4.78, 5) is 18.1. The van der Waals surface area contributed by atoms with Gasteiger partial charge in [-0.25, -0.2) is 9.67 Å². The monoisotopic (exact) mass is 302 g/mol. The van der Waals surface area contributed by atoms with Gasteiger partial charge in [0.15, 0.2) is 5.82 Å². The molecule has 3 aromatic rings. The first kappa shape index (κ1) is 13.4. The fraction of sp³-hybridized carbons (Fsp3) is 0.0714. The van der Waals surface area contributed by atoms with Gasteiger partial charge in [-0.3, -0.25) is 4.79 Å². The quantitative estimate of drug-likeness (QED) is 0.805. The largest absolute Gasteiger partial charge is 0.494 e. The zero-order valence-electron chi connectivity index (χ0n) is 11.1. The van der Waals surface area contributed by atoms with Crippen molar-refractivity contribution in [2.24, 2.45) is 0 Å². The van der Waals surface area contributed by atoms with Crippen molar-refractivity contribution in [1.82, 2.24) is 19.7 Å². The number of hydrogen-bond acceptors (Lipinski definition) is 4. The van der Waals surface area contributed by atoms with E-state index in [0.29, 0.717) is 17.1 Å². The molecular formula is C14H11ClN4O2. The first-order valence-electron chi connectivity index (χ1n) is 6.12. The first-order chi connectivity index (χ1) is 10.2. The molecule has 0 saturated carbocycles. The molecule has 0 saturated heterocycles. The highest BCUT2D eigenvalue weighted by Gasteiger charge is 2.13. The summed E-state index contributed by atoms with van der Waals surface area (Å²) in [5, 5.41) is 4.31. The van der Waals surface area contributed by atoms with E-state index in [-0.39, 0.29) is 10.6 Å². The van der Waals surface area contributed by atoms with Crippen molar-refractivity contribution in [2.75, 3.05) is 7.11 Å². The summed E-state index contributed by atoms with van der Waals surface area (Å²) < 4.78 is 6.96. The number of para-hydroxylation sites is 2. The molecular weight excluding hydrogens is 292 g/mol. The van der Waals surface area contributed by atoms with Crippen molar-refractivity contribution in [3.05, 3.63) is 58.2 Å². The number of pyridine rings is 1. The fourth-order valence-electron chi connectivity index (χ4n) is 2.00. The summed E-state index contributed by atoms with van der Waals surface area (Å²) in [6.07, 6.45) is 2.98. The Kier molecular flexibility index (Phi) is 3.45. The minimum absolute atomic E-state index is 0.0991. The highest BCUT2D eigenvalue weighted by molar-refractivity contribution is 6.30. The molecule has 0 aliphatic heterocycles. The average Bonchev–Trinajstić information content (AvgIpc) is 2.99. The van der Waals surface area contributed by atoms with E-state index < -0.39 is 0 Å². The van der Waals surface area contributed by atoms with E-state index in [1.165, 1.54) is 6.33 Å². The molecule has 106 valence electrons. The number of nitrogens with one attached hydrogen (secondary N) is 1. The Morgan fingerprint density at radius 1 is 1.33 bits per heavy atom. The lowest BCUT2D eigenvalue weighted by Crippen LogP contribution is -2.07. The van der Waals surface area contributed by atoms with Gasteiger partial charge < -0.3 is 9.72 Å². The lowest BCUT2D eigenvalue weighted by atomic mass is 10.2. The Labute approximate surface area is 125 Å². The molecule has 0 fully saturated rings. The van der Waals surface area contributed by atoms with E-state index in [9.17, 15) is 4.79 Å².